The lowest BCUT2D eigenvalue weighted by Gasteiger charge is -2.25. The number of amides is 1. The summed E-state index contributed by atoms with van der Waals surface area (Å²) in [6.45, 7) is 0.995. The van der Waals surface area contributed by atoms with Crippen LogP contribution in [0.4, 0.5) is 5.69 Å². The predicted octanol–water partition coefficient (Wildman–Crippen LogP) is 0.935. The quantitative estimate of drug-likeness (QED) is 0.607. The zero-order valence-electron chi connectivity index (χ0n) is 15.1. The highest BCUT2D eigenvalue weighted by Gasteiger charge is 2.27. The van der Waals surface area contributed by atoms with Crippen molar-refractivity contribution in [1.82, 2.24) is 4.31 Å². The molecule has 10 heteroatoms. The third-order valence-electron chi connectivity index (χ3n) is 4.24. The molecule has 1 aliphatic heterocycles. The number of ether oxygens (including phenoxy) is 1. The summed E-state index contributed by atoms with van der Waals surface area (Å²) in [4.78, 5) is 13.0. The van der Waals surface area contributed by atoms with E-state index >= 15 is 0 Å². The molecule has 1 aliphatic rings. The van der Waals surface area contributed by atoms with Gasteiger partial charge < -0.3 is 20.3 Å². The molecule has 152 valence electrons. The van der Waals surface area contributed by atoms with Crippen LogP contribution in [0.15, 0.2) is 34.5 Å². The molecule has 0 aliphatic carbocycles. The Morgan fingerprint density at radius 1 is 1.11 bits per heavy atom. The van der Waals surface area contributed by atoms with Gasteiger partial charge in [0, 0.05) is 23.7 Å². The van der Waals surface area contributed by atoms with E-state index in [1.54, 1.807) is 24.3 Å². The Hall–Kier alpha value is -1.82. The normalized spacial score (nSPS) is 15.5. The van der Waals surface area contributed by atoms with E-state index in [1.807, 2.05) is 0 Å². The second-order valence-corrected chi connectivity index (χ2v) is 9.65. The first-order chi connectivity index (χ1) is 13.4. The van der Waals surface area contributed by atoms with E-state index in [9.17, 15) is 23.4 Å². The first kappa shape index (κ1) is 20.9. The summed E-state index contributed by atoms with van der Waals surface area (Å²) in [6.07, 6.45) is 0.0289. The van der Waals surface area contributed by atoms with E-state index in [2.05, 4.69) is 5.32 Å². The summed E-state index contributed by atoms with van der Waals surface area (Å²) < 4.78 is 32.1. The van der Waals surface area contributed by atoms with Crippen LogP contribution in [0.2, 0.25) is 0 Å². The van der Waals surface area contributed by atoms with Gasteiger partial charge in [0.1, 0.15) is 4.21 Å². The molecule has 2 aromatic rings. The van der Waals surface area contributed by atoms with Gasteiger partial charge in [-0.25, -0.2) is 8.42 Å². The topological polar surface area (TPSA) is 116 Å². The number of sulfonamides is 1. The highest BCUT2D eigenvalue weighted by molar-refractivity contribution is 7.91. The zero-order chi connectivity index (χ0) is 20.1. The average molecular weight is 427 g/mol. The molecule has 0 unspecified atom stereocenters. The molecule has 0 saturated carbocycles. The van der Waals surface area contributed by atoms with E-state index in [-0.39, 0.29) is 29.8 Å². The summed E-state index contributed by atoms with van der Waals surface area (Å²) in [5.41, 5.74) is 1.63. The van der Waals surface area contributed by atoms with Crippen molar-refractivity contribution in [2.45, 2.75) is 23.8 Å². The fourth-order valence-corrected chi connectivity index (χ4v) is 5.80. The molecule has 0 bridgehead atoms. The van der Waals surface area contributed by atoms with E-state index in [0.717, 1.165) is 11.3 Å². The fourth-order valence-electron chi connectivity index (χ4n) is 2.89. The molecule has 1 aromatic carbocycles. The lowest BCUT2D eigenvalue weighted by Crippen LogP contribution is -2.40. The maximum atomic E-state index is 12.7. The number of hydrogen-bond acceptors (Lipinski definition) is 7. The number of rotatable bonds is 7. The van der Waals surface area contributed by atoms with Crippen LogP contribution in [0, 0.1) is 0 Å². The molecule has 8 nitrogen and oxygen atoms in total. The SMILES string of the molecule is O=C(Cc1ccc(S(=O)(=O)N2CCOCC2)s1)Nc1cc(CO)cc(CO)c1. The van der Waals surface area contributed by atoms with Crippen LogP contribution < -0.4 is 5.32 Å². The second-order valence-electron chi connectivity index (χ2n) is 6.32. The van der Waals surface area contributed by atoms with Crippen molar-refractivity contribution in [3.8, 4) is 0 Å². The van der Waals surface area contributed by atoms with Crippen LogP contribution >= 0.6 is 11.3 Å². The molecule has 2 heterocycles. The van der Waals surface area contributed by atoms with Gasteiger partial charge in [0.15, 0.2) is 0 Å². The van der Waals surface area contributed by atoms with Gasteiger partial charge in [-0.1, -0.05) is 6.07 Å². The van der Waals surface area contributed by atoms with Crippen LogP contribution in [0.3, 0.4) is 0 Å². The van der Waals surface area contributed by atoms with Gasteiger partial charge in [-0.05, 0) is 35.4 Å². The lowest BCUT2D eigenvalue weighted by atomic mass is 10.1. The summed E-state index contributed by atoms with van der Waals surface area (Å²) in [5, 5.41) is 21.3. The number of carbonyl (C=O) groups excluding carboxylic acids is 1. The number of aliphatic hydroxyl groups is 2. The molecule has 1 fully saturated rings. The van der Waals surface area contributed by atoms with Gasteiger partial charge in [-0.2, -0.15) is 4.31 Å². The van der Waals surface area contributed by atoms with Crippen molar-refractivity contribution in [2.24, 2.45) is 0 Å². The number of morpholine rings is 1. The highest BCUT2D eigenvalue weighted by atomic mass is 32.2. The number of anilines is 1. The summed E-state index contributed by atoms with van der Waals surface area (Å²) >= 11 is 1.08. The summed E-state index contributed by atoms with van der Waals surface area (Å²) in [7, 11) is -3.57. The van der Waals surface area contributed by atoms with E-state index < -0.39 is 10.0 Å². The molecular formula is C18H22N2O6S2. The highest BCUT2D eigenvalue weighted by Crippen LogP contribution is 2.26. The Labute approximate surface area is 167 Å². The number of thiophene rings is 1. The molecule has 0 spiro atoms. The van der Waals surface area contributed by atoms with Crippen LogP contribution in [0.25, 0.3) is 0 Å². The van der Waals surface area contributed by atoms with Gasteiger partial charge in [-0.3, -0.25) is 4.79 Å². The smallest absolute Gasteiger partial charge is 0.252 e. The minimum atomic E-state index is -3.57. The zero-order valence-corrected chi connectivity index (χ0v) is 16.8. The van der Waals surface area contributed by atoms with Crippen LogP contribution in [-0.2, 0) is 39.2 Å². The first-order valence-electron chi connectivity index (χ1n) is 8.73. The van der Waals surface area contributed by atoms with Gasteiger partial charge >= 0.3 is 0 Å². The predicted molar refractivity (Wildman–Crippen MR) is 105 cm³/mol. The largest absolute Gasteiger partial charge is 0.392 e. The molecule has 3 N–H and O–H groups in total. The van der Waals surface area contributed by atoms with Crippen molar-refractivity contribution in [2.75, 3.05) is 31.6 Å². The van der Waals surface area contributed by atoms with Crippen LogP contribution in [-0.4, -0.2) is 55.1 Å². The molecule has 1 saturated heterocycles. The maximum absolute atomic E-state index is 12.7. The molecule has 3 rings (SSSR count). The lowest BCUT2D eigenvalue weighted by molar-refractivity contribution is -0.115. The summed E-state index contributed by atoms with van der Waals surface area (Å²) in [6, 6.07) is 8.06. The van der Waals surface area contributed by atoms with Gasteiger partial charge in [-0.15, -0.1) is 11.3 Å². The van der Waals surface area contributed by atoms with Crippen molar-refractivity contribution in [3.05, 3.63) is 46.3 Å². The minimum absolute atomic E-state index is 0.0289. The number of benzene rings is 1. The van der Waals surface area contributed by atoms with Gasteiger partial charge in [0.2, 0.25) is 5.91 Å². The van der Waals surface area contributed by atoms with E-state index in [0.29, 0.717) is 48.0 Å². The Balaban J connectivity index is 1.67. The third-order valence-corrected chi connectivity index (χ3v) is 7.69. The molecule has 28 heavy (non-hydrogen) atoms. The first-order valence-corrected chi connectivity index (χ1v) is 11.0. The summed E-state index contributed by atoms with van der Waals surface area (Å²) in [5.74, 6) is -0.309. The Morgan fingerprint density at radius 3 is 2.36 bits per heavy atom. The van der Waals surface area contributed by atoms with Crippen molar-refractivity contribution in [1.29, 1.82) is 0 Å². The Morgan fingerprint density at radius 2 is 1.75 bits per heavy atom. The van der Waals surface area contributed by atoms with Gasteiger partial charge in [0.25, 0.3) is 10.0 Å². The second kappa shape index (κ2) is 9.12. The van der Waals surface area contributed by atoms with Gasteiger partial charge in [0.05, 0.1) is 32.8 Å². The Kier molecular flexibility index (Phi) is 6.81. The van der Waals surface area contributed by atoms with Crippen LogP contribution in [0.1, 0.15) is 16.0 Å². The molecular weight excluding hydrogens is 404 g/mol. The molecule has 1 aromatic heterocycles. The number of nitrogens with one attached hydrogen (secondary N) is 1. The molecule has 1 amide bonds. The van der Waals surface area contributed by atoms with E-state index in [1.165, 1.54) is 10.4 Å². The van der Waals surface area contributed by atoms with Crippen molar-refractivity contribution < 1.29 is 28.2 Å². The maximum Gasteiger partial charge on any atom is 0.252 e. The van der Waals surface area contributed by atoms with Crippen molar-refractivity contribution >= 4 is 33.0 Å². The van der Waals surface area contributed by atoms with E-state index in [4.69, 9.17) is 4.74 Å². The Bertz CT molecular complexity index is 913. The fraction of sp³-hybridized carbons (Fsp3) is 0.389. The third kappa shape index (κ3) is 4.96. The number of nitrogens with zero attached hydrogens (tertiary/aromatic N) is 1. The standard InChI is InChI=1S/C18H22N2O6S2/c21-11-13-7-14(12-22)9-15(8-13)19-17(23)10-16-1-2-18(27-16)28(24,25)20-3-5-26-6-4-20/h1-2,7-9,21-22H,3-6,10-12H2,(H,19,23). The number of carbonyl (C=O) groups is 1. The molecule has 0 atom stereocenters. The van der Waals surface area contributed by atoms with Crippen LogP contribution in [0.5, 0.6) is 0 Å². The average Bonchev–Trinajstić information content (AvgIpc) is 3.17. The minimum Gasteiger partial charge on any atom is -0.392 e. The van der Waals surface area contributed by atoms with Crippen molar-refractivity contribution in [3.63, 3.8) is 0 Å². The molecule has 0 radical (unpaired) electrons. The number of aliphatic hydroxyl groups excluding tert-OH is 2. The monoisotopic (exact) mass is 426 g/mol. The number of hydrogen-bond donors (Lipinski definition) is 3.